The maximum Gasteiger partial charge on any atom is 0.256 e. The zero-order chi connectivity index (χ0) is 21.3. The predicted molar refractivity (Wildman–Crippen MR) is 120 cm³/mol. The summed E-state index contributed by atoms with van der Waals surface area (Å²) in [6, 6.07) is 17.8. The zero-order valence-corrected chi connectivity index (χ0v) is 17.1. The van der Waals surface area contributed by atoms with Crippen LogP contribution >= 0.6 is 0 Å². The maximum absolute atomic E-state index is 12.4. The Morgan fingerprint density at radius 3 is 2.47 bits per heavy atom. The van der Waals surface area contributed by atoms with Gasteiger partial charge in [-0.25, -0.2) is 4.98 Å². The molecule has 0 aliphatic rings. The van der Waals surface area contributed by atoms with E-state index in [0.29, 0.717) is 24.2 Å². The fourth-order valence-electron chi connectivity index (χ4n) is 3.25. The SMILES string of the molecule is CC(=O)NCCc1ccc(NCCCc2c(-c3ccccc3)nc(N)[nH]c2=O)cc1. The van der Waals surface area contributed by atoms with Crippen LogP contribution in [0.2, 0.25) is 0 Å². The smallest absolute Gasteiger partial charge is 0.256 e. The molecule has 0 aliphatic heterocycles. The van der Waals surface area contributed by atoms with Crippen molar-refractivity contribution in [3.05, 3.63) is 76.1 Å². The molecule has 0 fully saturated rings. The van der Waals surface area contributed by atoms with E-state index >= 15 is 0 Å². The number of anilines is 2. The number of aromatic amines is 1. The summed E-state index contributed by atoms with van der Waals surface area (Å²) in [6.45, 7) is 2.88. The Hall–Kier alpha value is -3.61. The van der Waals surface area contributed by atoms with Crippen molar-refractivity contribution in [2.75, 3.05) is 24.1 Å². The van der Waals surface area contributed by atoms with Crippen LogP contribution in [-0.2, 0) is 17.6 Å². The van der Waals surface area contributed by atoms with E-state index in [-0.39, 0.29) is 17.4 Å². The number of hydrogen-bond acceptors (Lipinski definition) is 5. The number of carbonyl (C=O) groups excluding carboxylic acids is 1. The van der Waals surface area contributed by atoms with Crippen molar-refractivity contribution >= 4 is 17.5 Å². The molecule has 0 saturated heterocycles. The van der Waals surface area contributed by atoms with Crippen LogP contribution in [0.3, 0.4) is 0 Å². The second-order valence-corrected chi connectivity index (χ2v) is 7.10. The third-order valence-electron chi connectivity index (χ3n) is 4.76. The van der Waals surface area contributed by atoms with Gasteiger partial charge in [0.05, 0.1) is 5.69 Å². The van der Waals surface area contributed by atoms with Crippen molar-refractivity contribution in [2.45, 2.75) is 26.2 Å². The van der Waals surface area contributed by atoms with E-state index in [2.05, 4.69) is 20.6 Å². The molecule has 0 unspecified atom stereocenters. The Balaban J connectivity index is 1.56. The van der Waals surface area contributed by atoms with Crippen LogP contribution in [0.15, 0.2) is 59.4 Å². The number of amides is 1. The molecule has 0 saturated carbocycles. The number of aromatic nitrogens is 2. The highest BCUT2D eigenvalue weighted by atomic mass is 16.1. The monoisotopic (exact) mass is 405 g/mol. The topological polar surface area (TPSA) is 113 Å². The van der Waals surface area contributed by atoms with Gasteiger partial charge in [-0.15, -0.1) is 0 Å². The van der Waals surface area contributed by atoms with Crippen LogP contribution in [0.4, 0.5) is 11.6 Å². The number of nitrogens with one attached hydrogen (secondary N) is 3. The molecular formula is C23H27N5O2. The minimum Gasteiger partial charge on any atom is -0.385 e. The Labute approximate surface area is 175 Å². The maximum atomic E-state index is 12.4. The van der Waals surface area contributed by atoms with Gasteiger partial charge in [0.25, 0.3) is 5.56 Å². The zero-order valence-electron chi connectivity index (χ0n) is 17.1. The van der Waals surface area contributed by atoms with Crippen LogP contribution < -0.4 is 21.9 Å². The van der Waals surface area contributed by atoms with Gasteiger partial charge >= 0.3 is 0 Å². The average molecular weight is 406 g/mol. The molecule has 0 bridgehead atoms. The molecule has 0 radical (unpaired) electrons. The first-order valence-corrected chi connectivity index (χ1v) is 10.0. The number of benzene rings is 2. The molecule has 156 valence electrons. The summed E-state index contributed by atoms with van der Waals surface area (Å²) < 4.78 is 0. The predicted octanol–water partition coefficient (Wildman–Crippen LogP) is 2.74. The van der Waals surface area contributed by atoms with Gasteiger partial charge in [-0.3, -0.25) is 14.6 Å². The fourth-order valence-corrected chi connectivity index (χ4v) is 3.25. The van der Waals surface area contributed by atoms with Crippen molar-refractivity contribution in [3.8, 4) is 11.3 Å². The van der Waals surface area contributed by atoms with E-state index in [1.165, 1.54) is 12.5 Å². The summed E-state index contributed by atoms with van der Waals surface area (Å²) >= 11 is 0. The lowest BCUT2D eigenvalue weighted by Crippen LogP contribution is -2.22. The van der Waals surface area contributed by atoms with Crippen LogP contribution in [0, 0.1) is 0 Å². The summed E-state index contributed by atoms with van der Waals surface area (Å²) in [5.41, 5.74) is 9.92. The molecule has 0 atom stereocenters. The highest BCUT2D eigenvalue weighted by Crippen LogP contribution is 2.20. The van der Waals surface area contributed by atoms with Gasteiger partial charge < -0.3 is 16.4 Å². The summed E-state index contributed by atoms with van der Waals surface area (Å²) in [4.78, 5) is 30.3. The van der Waals surface area contributed by atoms with E-state index in [4.69, 9.17) is 5.73 Å². The molecule has 0 aliphatic carbocycles. The van der Waals surface area contributed by atoms with Gasteiger partial charge in [0.1, 0.15) is 0 Å². The van der Waals surface area contributed by atoms with Gasteiger partial charge in [-0.2, -0.15) is 0 Å². The molecule has 1 heterocycles. The lowest BCUT2D eigenvalue weighted by atomic mass is 10.0. The molecule has 0 spiro atoms. The van der Waals surface area contributed by atoms with Crippen molar-refractivity contribution in [2.24, 2.45) is 0 Å². The summed E-state index contributed by atoms with van der Waals surface area (Å²) in [6.07, 6.45) is 2.17. The second-order valence-electron chi connectivity index (χ2n) is 7.10. The Bertz CT molecular complexity index is 1030. The summed E-state index contributed by atoms with van der Waals surface area (Å²) in [5.74, 6) is 0.109. The lowest BCUT2D eigenvalue weighted by Gasteiger charge is -2.10. The quantitative estimate of drug-likeness (QED) is 0.409. The Morgan fingerprint density at radius 2 is 1.77 bits per heavy atom. The van der Waals surface area contributed by atoms with Crippen molar-refractivity contribution < 1.29 is 4.79 Å². The first-order chi connectivity index (χ1) is 14.5. The molecular weight excluding hydrogens is 378 g/mol. The van der Waals surface area contributed by atoms with Crippen LogP contribution in [-0.4, -0.2) is 29.0 Å². The third kappa shape index (κ3) is 5.94. The van der Waals surface area contributed by atoms with E-state index in [1.54, 1.807) is 0 Å². The van der Waals surface area contributed by atoms with Gasteiger partial charge in [0, 0.05) is 36.8 Å². The van der Waals surface area contributed by atoms with Crippen LogP contribution in [0.25, 0.3) is 11.3 Å². The number of nitrogens with zero attached hydrogens (tertiary/aromatic N) is 1. The first kappa shape index (κ1) is 21.1. The molecule has 7 heteroatoms. The van der Waals surface area contributed by atoms with Crippen molar-refractivity contribution in [1.29, 1.82) is 0 Å². The third-order valence-corrected chi connectivity index (χ3v) is 4.76. The Morgan fingerprint density at radius 1 is 1.03 bits per heavy atom. The minimum atomic E-state index is -0.190. The highest BCUT2D eigenvalue weighted by molar-refractivity contribution is 5.72. The molecule has 3 rings (SSSR count). The van der Waals surface area contributed by atoms with Gasteiger partial charge in [0.15, 0.2) is 0 Å². The number of hydrogen-bond donors (Lipinski definition) is 4. The minimum absolute atomic E-state index is 0.0150. The lowest BCUT2D eigenvalue weighted by molar-refractivity contribution is -0.118. The van der Waals surface area contributed by atoms with Gasteiger partial charge in [-0.1, -0.05) is 42.5 Å². The number of H-pyrrole nitrogens is 1. The fraction of sp³-hybridized carbons (Fsp3) is 0.261. The number of nitrogens with two attached hydrogens (primary N) is 1. The standard InChI is InChI=1S/C23H27N5O2/c1-16(29)25-15-13-17-9-11-19(12-10-17)26-14-5-8-20-21(18-6-3-2-4-7-18)27-23(24)28-22(20)30/h2-4,6-7,9-12,26H,5,8,13-15H2,1H3,(H,25,29)(H3,24,27,28,30). The number of nitrogen functional groups attached to an aromatic ring is 1. The number of rotatable bonds is 9. The van der Waals surface area contributed by atoms with Crippen molar-refractivity contribution in [3.63, 3.8) is 0 Å². The normalized spacial score (nSPS) is 10.6. The van der Waals surface area contributed by atoms with Gasteiger partial charge in [-0.05, 0) is 37.0 Å². The molecule has 1 amide bonds. The van der Waals surface area contributed by atoms with Gasteiger partial charge in [0.2, 0.25) is 11.9 Å². The summed E-state index contributed by atoms with van der Waals surface area (Å²) in [5, 5.41) is 6.17. The Kier molecular flexibility index (Phi) is 7.21. The van der Waals surface area contributed by atoms with Crippen LogP contribution in [0.1, 0.15) is 24.5 Å². The highest BCUT2D eigenvalue weighted by Gasteiger charge is 2.12. The first-order valence-electron chi connectivity index (χ1n) is 10.0. The van der Waals surface area contributed by atoms with Crippen molar-refractivity contribution in [1.82, 2.24) is 15.3 Å². The van der Waals surface area contributed by atoms with E-state index in [1.807, 2.05) is 54.6 Å². The molecule has 2 aromatic carbocycles. The van der Waals surface area contributed by atoms with E-state index in [0.717, 1.165) is 30.6 Å². The number of carbonyl (C=O) groups is 1. The second kappa shape index (κ2) is 10.2. The average Bonchev–Trinajstić information content (AvgIpc) is 2.73. The molecule has 3 aromatic rings. The molecule has 5 N–H and O–H groups in total. The van der Waals surface area contributed by atoms with E-state index < -0.39 is 0 Å². The molecule has 30 heavy (non-hydrogen) atoms. The largest absolute Gasteiger partial charge is 0.385 e. The molecule has 7 nitrogen and oxygen atoms in total. The van der Waals surface area contributed by atoms with E-state index in [9.17, 15) is 9.59 Å². The molecule has 1 aromatic heterocycles. The summed E-state index contributed by atoms with van der Waals surface area (Å²) in [7, 11) is 0. The van der Waals surface area contributed by atoms with Crippen LogP contribution in [0.5, 0.6) is 0 Å².